The van der Waals surface area contributed by atoms with Gasteiger partial charge in [0.05, 0.1) is 12.2 Å². The van der Waals surface area contributed by atoms with Crippen LogP contribution in [0.2, 0.25) is 0 Å². The SMILES string of the molecule is CC(=O)NCC1C=C(c2ccc(C3=CCCN(C(=O)CO)CC3)cc2)NO1. The van der Waals surface area contributed by atoms with Gasteiger partial charge in [-0.2, -0.15) is 0 Å². The molecule has 1 atom stereocenters. The van der Waals surface area contributed by atoms with E-state index < -0.39 is 6.61 Å². The van der Waals surface area contributed by atoms with Gasteiger partial charge < -0.3 is 15.3 Å². The molecule has 144 valence electrons. The monoisotopic (exact) mass is 371 g/mol. The van der Waals surface area contributed by atoms with E-state index in [0.29, 0.717) is 19.6 Å². The Morgan fingerprint density at radius 1 is 1.26 bits per heavy atom. The molecule has 2 heterocycles. The number of carbonyl (C=O) groups excluding carboxylic acids is 2. The van der Waals surface area contributed by atoms with Crippen molar-refractivity contribution in [3.8, 4) is 0 Å². The number of amides is 2. The van der Waals surface area contributed by atoms with E-state index in [-0.39, 0.29) is 17.9 Å². The third kappa shape index (κ3) is 4.96. The number of benzene rings is 1. The van der Waals surface area contributed by atoms with Crippen molar-refractivity contribution in [1.82, 2.24) is 15.7 Å². The van der Waals surface area contributed by atoms with Crippen LogP contribution in [0.5, 0.6) is 0 Å². The van der Waals surface area contributed by atoms with Gasteiger partial charge in [0.25, 0.3) is 0 Å². The van der Waals surface area contributed by atoms with Gasteiger partial charge in [0, 0.05) is 20.0 Å². The van der Waals surface area contributed by atoms with E-state index in [0.717, 1.165) is 29.7 Å². The molecule has 0 aliphatic carbocycles. The number of aliphatic hydroxyl groups is 1. The molecule has 2 aliphatic rings. The van der Waals surface area contributed by atoms with Gasteiger partial charge in [-0.3, -0.25) is 19.9 Å². The Hall–Kier alpha value is -2.64. The molecule has 3 rings (SSSR count). The Morgan fingerprint density at radius 2 is 2.00 bits per heavy atom. The number of hydroxylamine groups is 1. The van der Waals surface area contributed by atoms with Crippen molar-refractivity contribution in [2.75, 3.05) is 26.2 Å². The minimum Gasteiger partial charge on any atom is -0.387 e. The first-order valence-corrected chi connectivity index (χ1v) is 9.13. The maximum atomic E-state index is 11.7. The van der Waals surface area contributed by atoms with Crippen LogP contribution in [0.4, 0.5) is 0 Å². The molecule has 3 N–H and O–H groups in total. The van der Waals surface area contributed by atoms with Gasteiger partial charge in [-0.25, -0.2) is 0 Å². The van der Waals surface area contributed by atoms with E-state index in [9.17, 15) is 9.59 Å². The minimum absolute atomic E-state index is 0.0827. The van der Waals surface area contributed by atoms with Crippen molar-refractivity contribution in [1.29, 1.82) is 0 Å². The first-order chi connectivity index (χ1) is 13.1. The number of rotatable bonds is 5. The third-order valence-corrected chi connectivity index (χ3v) is 4.72. The fraction of sp³-hybridized carbons (Fsp3) is 0.400. The van der Waals surface area contributed by atoms with Crippen molar-refractivity contribution in [2.24, 2.45) is 0 Å². The highest BCUT2D eigenvalue weighted by molar-refractivity contribution is 5.78. The van der Waals surface area contributed by atoms with E-state index in [1.807, 2.05) is 18.2 Å². The molecule has 1 aromatic rings. The van der Waals surface area contributed by atoms with Crippen LogP contribution < -0.4 is 10.8 Å². The second-order valence-corrected chi connectivity index (χ2v) is 6.66. The Morgan fingerprint density at radius 3 is 2.70 bits per heavy atom. The number of hydrogen-bond acceptors (Lipinski definition) is 5. The number of hydrogen-bond donors (Lipinski definition) is 3. The van der Waals surface area contributed by atoms with E-state index in [2.05, 4.69) is 29.0 Å². The molecule has 27 heavy (non-hydrogen) atoms. The van der Waals surface area contributed by atoms with Crippen LogP contribution in [0.25, 0.3) is 11.3 Å². The molecule has 7 heteroatoms. The standard InChI is InChI=1S/C20H25N3O4/c1-14(25)21-12-18-11-19(22-27-18)17-6-4-16(5-7-17)15-3-2-9-23(10-8-15)20(26)13-24/h3-7,11,18,22,24H,2,8-10,12-13H2,1H3,(H,21,25). The average Bonchev–Trinajstić information content (AvgIpc) is 3.02. The fourth-order valence-corrected chi connectivity index (χ4v) is 3.23. The van der Waals surface area contributed by atoms with Crippen molar-refractivity contribution in [2.45, 2.75) is 25.9 Å². The van der Waals surface area contributed by atoms with Gasteiger partial charge in [-0.15, -0.1) is 0 Å². The molecule has 0 bridgehead atoms. The first-order valence-electron chi connectivity index (χ1n) is 9.13. The zero-order valence-electron chi connectivity index (χ0n) is 15.4. The molecule has 0 radical (unpaired) electrons. The summed E-state index contributed by atoms with van der Waals surface area (Å²) >= 11 is 0. The van der Waals surface area contributed by atoms with E-state index in [4.69, 9.17) is 9.94 Å². The summed E-state index contributed by atoms with van der Waals surface area (Å²) < 4.78 is 0. The summed E-state index contributed by atoms with van der Waals surface area (Å²) in [7, 11) is 0. The zero-order valence-corrected chi connectivity index (χ0v) is 15.4. The predicted octanol–water partition coefficient (Wildman–Crippen LogP) is 1.07. The summed E-state index contributed by atoms with van der Waals surface area (Å²) in [4.78, 5) is 29.8. The van der Waals surface area contributed by atoms with Gasteiger partial charge in [-0.05, 0) is 35.6 Å². The summed E-state index contributed by atoms with van der Waals surface area (Å²) in [5.74, 6) is -0.297. The Labute approximate surface area is 158 Å². The smallest absolute Gasteiger partial charge is 0.248 e. The highest BCUT2D eigenvalue weighted by atomic mass is 16.7. The molecule has 1 unspecified atom stereocenters. The van der Waals surface area contributed by atoms with Gasteiger partial charge in [0.1, 0.15) is 12.7 Å². The second kappa shape index (κ2) is 8.83. The van der Waals surface area contributed by atoms with E-state index >= 15 is 0 Å². The molecule has 2 aliphatic heterocycles. The Kier molecular flexibility index (Phi) is 6.26. The minimum atomic E-state index is -0.433. The van der Waals surface area contributed by atoms with Crippen molar-refractivity contribution in [3.05, 3.63) is 47.5 Å². The predicted molar refractivity (Wildman–Crippen MR) is 102 cm³/mol. The maximum absolute atomic E-state index is 11.7. The molecule has 0 saturated carbocycles. The summed E-state index contributed by atoms with van der Waals surface area (Å²) in [5, 5.41) is 11.8. The fourth-order valence-electron chi connectivity index (χ4n) is 3.23. The molecule has 2 amide bonds. The van der Waals surface area contributed by atoms with Gasteiger partial charge >= 0.3 is 0 Å². The lowest BCUT2D eigenvalue weighted by atomic mass is 10.00. The molecule has 0 fully saturated rings. The average molecular weight is 371 g/mol. The number of nitrogens with one attached hydrogen (secondary N) is 2. The van der Waals surface area contributed by atoms with Gasteiger partial charge in [0.2, 0.25) is 11.8 Å². The molecular formula is C20H25N3O4. The number of carbonyl (C=O) groups is 2. The lowest BCUT2D eigenvalue weighted by molar-refractivity contribution is -0.134. The van der Waals surface area contributed by atoms with Gasteiger partial charge in [-0.1, -0.05) is 30.3 Å². The maximum Gasteiger partial charge on any atom is 0.248 e. The molecule has 0 saturated heterocycles. The van der Waals surface area contributed by atoms with Crippen molar-refractivity contribution >= 4 is 23.1 Å². The largest absolute Gasteiger partial charge is 0.387 e. The highest BCUT2D eigenvalue weighted by Crippen LogP contribution is 2.25. The second-order valence-electron chi connectivity index (χ2n) is 6.66. The Balaban J connectivity index is 1.62. The summed E-state index contributed by atoms with van der Waals surface area (Å²) in [5.41, 5.74) is 7.14. The van der Waals surface area contributed by atoms with Crippen molar-refractivity contribution in [3.63, 3.8) is 0 Å². The summed E-state index contributed by atoms with van der Waals surface area (Å²) in [6, 6.07) is 8.18. The topological polar surface area (TPSA) is 90.9 Å². The normalized spacial score (nSPS) is 19.6. The van der Waals surface area contributed by atoms with Crippen LogP contribution in [-0.4, -0.2) is 54.2 Å². The molecule has 0 spiro atoms. The lowest BCUT2D eigenvalue weighted by Crippen LogP contribution is -2.34. The number of aliphatic hydroxyl groups excluding tert-OH is 1. The zero-order chi connectivity index (χ0) is 19.2. The van der Waals surface area contributed by atoms with E-state index in [1.165, 1.54) is 12.5 Å². The van der Waals surface area contributed by atoms with E-state index in [1.54, 1.807) is 4.90 Å². The number of nitrogens with zero attached hydrogens (tertiary/aromatic N) is 1. The molecule has 7 nitrogen and oxygen atoms in total. The highest BCUT2D eigenvalue weighted by Gasteiger charge is 2.19. The molecular weight excluding hydrogens is 346 g/mol. The lowest BCUT2D eigenvalue weighted by Gasteiger charge is -2.19. The third-order valence-electron chi connectivity index (χ3n) is 4.72. The molecule has 1 aromatic carbocycles. The van der Waals surface area contributed by atoms with Crippen LogP contribution in [0.1, 0.15) is 30.9 Å². The van der Waals surface area contributed by atoms with Crippen molar-refractivity contribution < 1.29 is 19.5 Å². The molecule has 0 aromatic heterocycles. The van der Waals surface area contributed by atoms with Gasteiger partial charge in [0.15, 0.2) is 0 Å². The Bertz CT molecular complexity index is 755. The summed E-state index contributed by atoms with van der Waals surface area (Å²) in [6.45, 7) is 2.74. The first kappa shape index (κ1) is 19.1. The summed E-state index contributed by atoms with van der Waals surface area (Å²) in [6.07, 6.45) is 5.48. The van der Waals surface area contributed by atoms with Crippen LogP contribution >= 0.6 is 0 Å². The quantitative estimate of drug-likeness (QED) is 0.720. The van der Waals surface area contributed by atoms with Crippen LogP contribution in [0, 0.1) is 0 Å². The van der Waals surface area contributed by atoms with Crippen LogP contribution in [0.15, 0.2) is 36.4 Å². The van der Waals surface area contributed by atoms with Crippen LogP contribution in [0.3, 0.4) is 0 Å². The van der Waals surface area contributed by atoms with Crippen LogP contribution in [-0.2, 0) is 14.4 Å².